The Hall–Kier alpha value is -2.00. The van der Waals surface area contributed by atoms with Gasteiger partial charge in [-0.15, -0.1) is 0 Å². The van der Waals surface area contributed by atoms with Crippen LogP contribution in [0.5, 0.6) is 0 Å². The largest absolute Gasteiger partial charge is 0.352 e. The number of carbonyl (C=O) groups is 2. The van der Waals surface area contributed by atoms with Crippen LogP contribution in [0, 0.1) is 0 Å². The van der Waals surface area contributed by atoms with E-state index >= 15 is 0 Å². The molecule has 1 fully saturated rings. The number of sulfonamides is 1. The van der Waals surface area contributed by atoms with Crippen LogP contribution in [0.25, 0.3) is 0 Å². The number of halogens is 3. The highest BCUT2D eigenvalue weighted by Gasteiger charge is 2.33. The van der Waals surface area contributed by atoms with E-state index in [1.165, 1.54) is 11.0 Å². The van der Waals surface area contributed by atoms with Gasteiger partial charge in [-0.2, -0.15) is 0 Å². The standard InChI is InChI=1S/C26H32Cl3N3O4S/c1-3-24(26(34)30-19-10-5-4-6-11-19)31(16-21-22(28)13-8-14-23(21)29)25(33)17-32(37(2,35)36)20-12-7-9-18(27)15-20/h7-9,12-15,19,24H,3-6,10-11,16-17H2,1-2H3,(H,30,34)/t24-/m1/s1. The summed E-state index contributed by atoms with van der Waals surface area (Å²) in [6.07, 6.45) is 6.35. The second kappa shape index (κ2) is 13.2. The van der Waals surface area contributed by atoms with Gasteiger partial charge in [0.1, 0.15) is 12.6 Å². The van der Waals surface area contributed by atoms with Crippen molar-refractivity contribution in [3.05, 3.63) is 63.1 Å². The highest BCUT2D eigenvalue weighted by atomic mass is 35.5. The van der Waals surface area contributed by atoms with Crippen LogP contribution in [0.1, 0.15) is 51.0 Å². The van der Waals surface area contributed by atoms with Crippen LogP contribution in [-0.2, 0) is 26.2 Å². The molecule has 1 saturated carbocycles. The minimum absolute atomic E-state index is 0.0510. The topological polar surface area (TPSA) is 86.8 Å². The number of amides is 2. The summed E-state index contributed by atoms with van der Waals surface area (Å²) in [5.41, 5.74) is 0.732. The molecule has 11 heteroatoms. The minimum atomic E-state index is -3.85. The molecular formula is C26H32Cl3N3O4S. The molecule has 0 radical (unpaired) electrons. The molecule has 0 saturated heterocycles. The van der Waals surface area contributed by atoms with Crippen LogP contribution in [0.15, 0.2) is 42.5 Å². The van der Waals surface area contributed by atoms with Crippen LogP contribution in [0.4, 0.5) is 5.69 Å². The third kappa shape index (κ3) is 7.99. The summed E-state index contributed by atoms with van der Waals surface area (Å²) in [4.78, 5) is 28.6. The van der Waals surface area contributed by atoms with E-state index < -0.39 is 28.5 Å². The van der Waals surface area contributed by atoms with Gasteiger partial charge in [-0.25, -0.2) is 8.42 Å². The van der Waals surface area contributed by atoms with Gasteiger partial charge in [0.05, 0.1) is 11.9 Å². The van der Waals surface area contributed by atoms with Crippen molar-refractivity contribution in [3.63, 3.8) is 0 Å². The molecule has 0 unspecified atom stereocenters. The first kappa shape index (κ1) is 29.6. The Morgan fingerprint density at radius 2 is 1.65 bits per heavy atom. The number of benzene rings is 2. The van der Waals surface area contributed by atoms with Crippen molar-refractivity contribution in [1.82, 2.24) is 10.2 Å². The first-order valence-corrected chi connectivity index (χ1v) is 15.3. The average molecular weight is 589 g/mol. The molecule has 0 aromatic heterocycles. The van der Waals surface area contributed by atoms with E-state index in [-0.39, 0.29) is 24.2 Å². The van der Waals surface area contributed by atoms with E-state index in [9.17, 15) is 18.0 Å². The zero-order chi connectivity index (χ0) is 27.2. The fourth-order valence-electron chi connectivity index (χ4n) is 4.56. The molecule has 1 atom stereocenters. The molecule has 0 spiro atoms. The molecule has 2 amide bonds. The number of nitrogens with zero attached hydrogens (tertiary/aromatic N) is 2. The number of hydrogen-bond donors (Lipinski definition) is 1. The molecule has 3 rings (SSSR count). The molecule has 2 aromatic carbocycles. The summed E-state index contributed by atoms with van der Waals surface area (Å²) in [6, 6.07) is 10.5. The monoisotopic (exact) mass is 587 g/mol. The Morgan fingerprint density at radius 3 is 2.22 bits per heavy atom. The summed E-state index contributed by atoms with van der Waals surface area (Å²) >= 11 is 18.9. The van der Waals surface area contributed by atoms with E-state index in [4.69, 9.17) is 34.8 Å². The lowest BCUT2D eigenvalue weighted by atomic mass is 9.95. The van der Waals surface area contributed by atoms with Gasteiger partial charge in [0, 0.05) is 33.2 Å². The van der Waals surface area contributed by atoms with Crippen molar-refractivity contribution in [2.75, 3.05) is 17.1 Å². The lowest BCUT2D eigenvalue weighted by molar-refractivity contribution is -0.140. The Balaban J connectivity index is 1.96. The van der Waals surface area contributed by atoms with Gasteiger partial charge in [0.25, 0.3) is 0 Å². The van der Waals surface area contributed by atoms with E-state index in [1.54, 1.807) is 36.4 Å². The first-order valence-electron chi connectivity index (χ1n) is 12.3. The second-order valence-electron chi connectivity index (χ2n) is 9.24. The molecule has 1 aliphatic rings. The third-order valence-corrected chi connectivity index (χ3v) is 8.59. The van der Waals surface area contributed by atoms with Gasteiger partial charge in [-0.1, -0.05) is 73.1 Å². The number of anilines is 1. The molecular weight excluding hydrogens is 557 g/mol. The lowest BCUT2D eigenvalue weighted by Crippen LogP contribution is -2.54. The maximum atomic E-state index is 13.8. The molecule has 37 heavy (non-hydrogen) atoms. The van der Waals surface area contributed by atoms with Crippen LogP contribution in [0.3, 0.4) is 0 Å². The maximum Gasteiger partial charge on any atom is 0.244 e. The number of hydrogen-bond acceptors (Lipinski definition) is 4. The van der Waals surface area contributed by atoms with Crippen LogP contribution in [-0.4, -0.2) is 50.0 Å². The third-order valence-electron chi connectivity index (χ3n) is 6.50. The summed E-state index contributed by atoms with van der Waals surface area (Å²) in [5, 5.41) is 4.12. The second-order valence-corrected chi connectivity index (χ2v) is 12.4. The van der Waals surface area contributed by atoms with Crippen LogP contribution >= 0.6 is 34.8 Å². The highest BCUT2D eigenvalue weighted by molar-refractivity contribution is 7.92. The van der Waals surface area contributed by atoms with Crippen LogP contribution in [0.2, 0.25) is 15.1 Å². The summed E-state index contributed by atoms with van der Waals surface area (Å²) < 4.78 is 26.4. The number of carbonyl (C=O) groups excluding carboxylic acids is 2. The van der Waals surface area contributed by atoms with E-state index in [1.807, 2.05) is 6.92 Å². The summed E-state index contributed by atoms with van der Waals surface area (Å²) in [6.45, 7) is 1.24. The van der Waals surface area contributed by atoms with Gasteiger partial charge in [0.15, 0.2) is 0 Å². The van der Waals surface area contributed by atoms with Gasteiger partial charge < -0.3 is 10.2 Å². The Bertz CT molecular complexity index is 1200. The average Bonchev–Trinajstić information content (AvgIpc) is 2.84. The fraction of sp³-hybridized carbons (Fsp3) is 0.462. The van der Waals surface area contributed by atoms with Gasteiger partial charge in [-0.3, -0.25) is 13.9 Å². The van der Waals surface area contributed by atoms with Gasteiger partial charge in [-0.05, 0) is 49.6 Å². The molecule has 7 nitrogen and oxygen atoms in total. The fourth-order valence-corrected chi connectivity index (χ4v) is 6.11. The minimum Gasteiger partial charge on any atom is -0.352 e. The van der Waals surface area contributed by atoms with Crippen molar-refractivity contribution in [3.8, 4) is 0 Å². The molecule has 202 valence electrons. The van der Waals surface area contributed by atoms with Crippen molar-refractivity contribution < 1.29 is 18.0 Å². The molecule has 0 aliphatic heterocycles. The summed E-state index contributed by atoms with van der Waals surface area (Å²) in [5.74, 6) is -0.841. The lowest BCUT2D eigenvalue weighted by Gasteiger charge is -2.34. The Labute approximate surface area is 234 Å². The smallest absolute Gasteiger partial charge is 0.244 e. The quantitative estimate of drug-likeness (QED) is 0.388. The molecule has 0 bridgehead atoms. The van der Waals surface area contributed by atoms with Crippen LogP contribution < -0.4 is 9.62 Å². The predicted octanol–water partition coefficient (Wildman–Crippen LogP) is 5.67. The number of rotatable bonds is 10. The highest BCUT2D eigenvalue weighted by Crippen LogP contribution is 2.28. The zero-order valence-electron chi connectivity index (χ0n) is 20.9. The van der Waals surface area contributed by atoms with E-state index in [0.717, 1.165) is 42.7 Å². The molecule has 1 aliphatic carbocycles. The normalized spacial score (nSPS) is 15.2. The van der Waals surface area contributed by atoms with E-state index in [2.05, 4.69) is 5.32 Å². The zero-order valence-corrected chi connectivity index (χ0v) is 24.0. The molecule has 0 heterocycles. The summed E-state index contributed by atoms with van der Waals surface area (Å²) in [7, 11) is -3.85. The van der Waals surface area contributed by atoms with E-state index in [0.29, 0.717) is 27.1 Å². The van der Waals surface area contributed by atoms with Gasteiger partial charge >= 0.3 is 0 Å². The Kier molecular flexibility index (Phi) is 10.5. The predicted molar refractivity (Wildman–Crippen MR) is 150 cm³/mol. The van der Waals surface area contributed by atoms with Crippen molar-refractivity contribution >= 4 is 62.3 Å². The van der Waals surface area contributed by atoms with Crippen molar-refractivity contribution in [2.24, 2.45) is 0 Å². The first-order chi connectivity index (χ1) is 17.5. The van der Waals surface area contributed by atoms with Crippen molar-refractivity contribution in [1.29, 1.82) is 0 Å². The number of nitrogens with one attached hydrogen (secondary N) is 1. The molecule has 1 N–H and O–H groups in total. The van der Waals surface area contributed by atoms with Gasteiger partial charge in [0.2, 0.25) is 21.8 Å². The SMILES string of the molecule is CC[C@H](C(=O)NC1CCCCC1)N(Cc1c(Cl)cccc1Cl)C(=O)CN(c1cccc(Cl)c1)S(C)(=O)=O. The molecule has 2 aromatic rings. The maximum absolute atomic E-state index is 13.8. The van der Waals surface area contributed by atoms with Crippen molar-refractivity contribution in [2.45, 2.75) is 64.1 Å². The Morgan fingerprint density at radius 1 is 1.03 bits per heavy atom.